The number of carbonyl (C=O) groups is 1. The number of rotatable bonds is 6. The lowest BCUT2D eigenvalue weighted by atomic mass is 10.2. The molecule has 7 nitrogen and oxygen atoms in total. The molecule has 8 heteroatoms. The van der Waals surface area contributed by atoms with Crippen LogP contribution >= 0.6 is 0 Å². The van der Waals surface area contributed by atoms with Crippen molar-refractivity contribution in [3.05, 3.63) is 90.0 Å². The Labute approximate surface area is 206 Å². The molecule has 35 heavy (non-hydrogen) atoms. The van der Waals surface area contributed by atoms with Crippen LogP contribution in [0.4, 0.5) is 11.4 Å². The molecule has 0 unspecified atom stereocenters. The molecule has 1 fully saturated rings. The van der Waals surface area contributed by atoms with Gasteiger partial charge in [0, 0.05) is 44.0 Å². The van der Waals surface area contributed by atoms with Crippen molar-refractivity contribution in [3.8, 4) is 6.07 Å². The second-order valence-corrected chi connectivity index (χ2v) is 10.2. The molecular weight excluding hydrogens is 460 g/mol. The fourth-order valence-corrected chi connectivity index (χ4v) is 5.83. The van der Waals surface area contributed by atoms with Crippen molar-refractivity contribution in [1.82, 2.24) is 4.90 Å². The molecule has 1 aliphatic heterocycles. The van der Waals surface area contributed by atoms with Crippen molar-refractivity contribution >= 4 is 27.3 Å². The predicted octanol–water partition coefficient (Wildman–Crippen LogP) is 4.13. The third-order valence-electron chi connectivity index (χ3n) is 6.15. The quantitative estimate of drug-likeness (QED) is 0.521. The van der Waals surface area contributed by atoms with E-state index in [1.54, 1.807) is 60.4 Å². The van der Waals surface area contributed by atoms with E-state index in [1.807, 2.05) is 18.2 Å². The van der Waals surface area contributed by atoms with E-state index >= 15 is 0 Å². The van der Waals surface area contributed by atoms with Crippen LogP contribution in [0.3, 0.4) is 0 Å². The third-order valence-corrected chi connectivity index (χ3v) is 8.04. The van der Waals surface area contributed by atoms with Gasteiger partial charge in [-0.05, 0) is 67.9 Å². The maximum absolute atomic E-state index is 13.4. The van der Waals surface area contributed by atoms with Crippen LogP contribution < -0.4 is 9.21 Å². The Morgan fingerprint density at radius 2 is 1.69 bits per heavy atom. The van der Waals surface area contributed by atoms with E-state index < -0.39 is 10.0 Å². The van der Waals surface area contributed by atoms with Crippen LogP contribution in [0.15, 0.2) is 83.8 Å². The zero-order valence-electron chi connectivity index (χ0n) is 19.7. The van der Waals surface area contributed by atoms with E-state index in [1.165, 1.54) is 16.4 Å². The minimum Gasteiger partial charge on any atom is -0.370 e. The van der Waals surface area contributed by atoms with Crippen LogP contribution in [0, 0.1) is 11.3 Å². The zero-order chi connectivity index (χ0) is 24.8. The van der Waals surface area contributed by atoms with Crippen LogP contribution in [0.5, 0.6) is 0 Å². The normalized spacial score (nSPS) is 14.2. The molecule has 4 rings (SSSR count). The molecule has 3 aromatic carbocycles. The summed E-state index contributed by atoms with van der Waals surface area (Å²) in [4.78, 5) is 17.4. The van der Waals surface area contributed by atoms with Gasteiger partial charge in [0.25, 0.3) is 15.9 Å². The second-order valence-electron chi connectivity index (χ2n) is 8.32. The summed E-state index contributed by atoms with van der Waals surface area (Å²) >= 11 is 0. The second kappa shape index (κ2) is 10.6. The van der Waals surface area contributed by atoms with Gasteiger partial charge in [-0.15, -0.1) is 0 Å². The largest absolute Gasteiger partial charge is 0.370 e. The molecule has 180 valence electrons. The number of carbonyl (C=O) groups excluding carboxylic acids is 1. The molecule has 0 N–H and O–H groups in total. The molecule has 0 bridgehead atoms. The van der Waals surface area contributed by atoms with E-state index in [2.05, 4.69) is 11.0 Å². The standard InChI is InChI=1S/C27H28N4O3S/c1-2-31(25-9-4-3-5-10-25)35(33,34)26-11-6-8-23(20-26)27(32)30-17-7-16-29(18-19-30)24-14-12-22(21-28)13-15-24/h3-6,8-15,20H,2,7,16-19H2,1H3. The fraction of sp³-hybridized carbons (Fsp3) is 0.259. The lowest BCUT2D eigenvalue weighted by molar-refractivity contribution is 0.0766. The van der Waals surface area contributed by atoms with Crippen molar-refractivity contribution < 1.29 is 13.2 Å². The summed E-state index contributed by atoms with van der Waals surface area (Å²) < 4.78 is 28.1. The number of benzene rings is 3. The summed E-state index contributed by atoms with van der Waals surface area (Å²) in [5.41, 5.74) is 2.58. The zero-order valence-corrected chi connectivity index (χ0v) is 20.5. The van der Waals surface area contributed by atoms with Crippen LogP contribution in [0.25, 0.3) is 0 Å². The molecule has 0 atom stereocenters. The molecule has 1 heterocycles. The highest BCUT2D eigenvalue weighted by molar-refractivity contribution is 7.92. The van der Waals surface area contributed by atoms with Gasteiger partial charge >= 0.3 is 0 Å². The lowest BCUT2D eigenvalue weighted by Crippen LogP contribution is -2.35. The van der Waals surface area contributed by atoms with Gasteiger partial charge in [-0.3, -0.25) is 9.10 Å². The van der Waals surface area contributed by atoms with Gasteiger partial charge in [0.1, 0.15) is 0 Å². The number of sulfonamides is 1. The summed E-state index contributed by atoms with van der Waals surface area (Å²) in [7, 11) is -3.82. The third kappa shape index (κ3) is 5.31. The highest BCUT2D eigenvalue weighted by atomic mass is 32.2. The van der Waals surface area contributed by atoms with Gasteiger partial charge in [0.2, 0.25) is 0 Å². The highest BCUT2D eigenvalue weighted by Gasteiger charge is 2.26. The van der Waals surface area contributed by atoms with Crippen LogP contribution in [0.1, 0.15) is 29.3 Å². The Morgan fingerprint density at radius 1 is 0.943 bits per heavy atom. The molecule has 0 saturated carbocycles. The number of hydrogen-bond donors (Lipinski definition) is 0. The van der Waals surface area contributed by atoms with Crippen molar-refractivity contribution in [1.29, 1.82) is 5.26 Å². The molecule has 0 radical (unpaired) electrons. The minimum atomic E-state index is -3.82. The molecule has 1 aliphatic rings. The van der Waals surface area contributed by atoms with Gasteiger partial charge in [0.15, 0.2) is 0 Å². The highest BCUT2D eigenvalue weighted by Crippen LogP contribution is 2.25. The Balaban J connectivity index is 1.51. The molecule has 0 spiro atoms. The van der Waals surface area contributed by atoms with Gasteiger partial charge in [-0.2, -0.15) is 5.26 Å². The van der Waals surface area contributed by atoms with E-state index in [9.17, 15) is 13.2 Å². The summed E-state index contributed by atoms with van der Waals surface area (Å²) in [6.07, 6.45) is 0.793. The van der Waals surface area contributed by atoms with Crippen LogP contribution in [-0.2, 0) is 10.0 Å². The van der Waals surface area contributed by atoms with Crippen molar-refractivity contribution in [2.75, 3.05) is 41.9 Å². The summed E-state index contributed by atoms with van der Waals surface area (Å²) in [5, 5.41) is 9.01. The summed E-state index contributed by atoms with van der Waals surface area (Å²) in [5.74, 6) is -0.175. The summed E-state index contributed by atoms with van der Waals surface area (Å²) in [6, 6.07) is 24.8. The van der Waals surface area contributed by atoms with E-state index in [0.717, 1.165) is 18.7 Å². The van der Waals surface area contributed by atoms with Crippen molar-refractivity contribution in [2.24, 2.45) is 0 Å². The molecule has 1 amide bonds. The van der Waals surface area contributed by atoms with Crippen molar-refractivity contribution in [3.63, 3.8) is 0 Å². The Morgan fingerprint density at radius 3 is 2.37 bits per heavy atom. The summed E-state index contributed by atoms with van der Waals surface area (Å²) in [6.45, 7) is 4.65. The first kappa shape index (κ1) is 24.3. The monoisotopic (exact) mass is 488 g/mol. The topological polar surface area (TPSA) is 84.7 Å². The lowest BCUT2D eigenvalue weighted by Gasteiger charge is -2.25. The Kier molecular flexibility index (Phi) is 7.37. The first-order valence-electron chi connectivity index (χ1n) is 11.7. The first-order valence-corrected chi connectivity index (χ1v) is 13.1. The molecule has 0 aliphatic carbocycles. The van der Waals surface area contributed by atoms with Gasteiger partial charge in [0.05, 0.1) is 22.2 Å². The number of nitrogens with zero attached hydrogens (tertiary/aromatic N) is 4. The maximum atomic E-state index is 13.4. The predicted molar refractivity (Wildman–Crippen MR) is 137 cm³/mol. The fourth-order valence-electron chi connectivity index (χ4n) is 4.31. The molecule has 3 aromatic rings. The maximum Gasteiger partial charge on any atom is 0.264 e. The minimum absolute atomic E-state index is 0.100. The van der Waals surface area contributed by atoms with E-state index in [-0.39, 0.29) is 17.3 Å². The smallest absolute Gasteiger partial charge is 0.264 e. The number of anilines is 2. The average Bonchev–Trinajstić information content (AvgIpc) is 3.16. The number of hydrogen-bond acceptors (Lipinski definition) is 5. The molecule has 1 saturated heterocycles. The van der Waals surface area contributed by atoms with Gasteiger partial charge < -0.3 is 9.80 Å². The number of amides is 1. The Bertz CT molecular complexity index is 1320. The van der Waals surface area contributed by atoms with Crippen LogP contribution in [0.2, 0.25) is 0 Å². The average molecular weight is 489 g/mol. The Hall–Kier alpha value is -3.83. The van der Waals surface area contributed by atoms with Gasteiger partial charge in [-0.25, -0.2) is 8.42 Å². The van der Waals surface area contributed by atoms with E-state index in [0.29, 0.717) is 36.4 Å². The number of para-hydroxylation sites is 1. The molecular formula is C27H28N4O3S. The van der Waals surface area contributed by atoms with Crippen LogP contribution in [-0.4, -0.2) is 51.9 Å². The van der Waals surface area contributed by atoms with Gasteiger partial charge in [-0.1, -0.05) is 24.3 Å². The number of nitriles is 1. The first-order chi connectivity index (χ1) is 16.9. The SMILES string of the molecule is CCN(c1ccccc1)S(=O)(=O)c1cccc(C(=O)N2CCCN(c3ccc(C#N)cc3)CC2)c1. The molecule has 0 aromatic heterocycles. The van der Waals surface area contributed by atoms with Crippen molar-refractivity contribution in [2.45, 2.75) is 18.2 Å². The van der Waals surface area contributed by atoms with E-state index in [4.69, 9.17) is 5.26 Å².